The number of halogens is 1. The fraction of sp³-hybridized carbons (Fsp3) is 0.250. The third-order valence-electron chi connectivity index (χ3n) is 2.77. The van der Waals surface area contributed by atoms with Gasteiger partial charge in [-0.3, -0.25) is 0 Å². The van der Waals surface area contributed by atoms with E-state index in [2.05, 4.69) is 5.32 Å². The maximum atomic E-state index is 12.0. The van der Waals surface area contributed by atoms with Crippen LogP contribution in [0, 0.1) is 11.3 Å². The molecule has 1 aromatic rings. The first kappa shape index (κ1) is 14.5. The number of amides is 2. The molecule has 1 saturated heterocycles. The van der Waals surface area contributed by atoms with Gasteiger partial charge in [-0.15, -0.1) is 11.8 Å². The SMILES string of the molecule is N#Cc1ccc(NC(=O)N2CSC[C@H]2C(=O)O)cc1Cl. The molecule has 0 unspecified atom stereocenters. The molecule has 1 atom stereocenters. The highest BCUT2D eigenvalue weighted by atomic mass is 35.5. The zero-order valence-corrected chi connectivity index (χ0v) is 11.7. The summed E-state index contributed by atoms with van der Waals surface area (Å²) >= 11 is 7.25. The van der Waals surface area contributed by atoms with Crippen molar-refractivity contribution in [2.75, 3.05) is 16.9 Å². The van der Waals surface area contributed by atoms with Gasteiger partial charge >= 0.3 is 12.0 Å². The lowest BCUT2D eigenvalue weighted by Crippen LogP contribution is -2.43. The van der Waals surface area contributed by atoms with E-state index in [1.54, 1.807) is 6.07 Å². The predicted molar refractivity (Wildman–Crippen MR) is 75.8 cm³/mol. The largest absolute Gasteiger partial charge is 0.480 e. The van der Waals surface area contributed by atoms with Gasteiger partial charge in [0.1, 0.15) is 12.1 Å². The van der Waals surface area contributed by atoms with Crippen molar-refractivity contribution in [1.29, 1.82) is 5.26 Å². The molecule has 0 spiro atoms. The molecule has 0 aliphatic carbocycles. The second-order valence-electron chi connectivity index (χ2n) is 4.06. The maximum absolute atomic E-state index is 12.0. The lowest BCUT2D eigenvalue weighted by molar-refractivity contribution is -0.140. The monoisotopic (exact) mass is 311 g/mol. The molecule has 0 radical (unpaired) electrons. The van der Waals surface area contributed by atoms with Gasteiger partial charge in [0.2, 0.25) is 0 Å². The topological polar surface area (TPSA) is 93.4 Å². The summed E-state index contributed by atoms with van der Waals surface area (Å²) in [4.78, 5) is 24.3. The van der Waals surface area contributed by atoms with Crippen LogP contribution in [0.5, 0.6) is 0 Å². The van der Waals surface area contributed by atoms with Crippen LogP contribution in [0.1, 0.15) is 5.56 Å². The molecule has 6 nitrogen and oxygen atoms in total. The summed E-state index contributed by atoms with van der Waals surface area (Å²) in [6, 6.07) is 5.08. The summed E-state index contributed by atoms with van der Waals surface area (Å²) in [7, 11) is 0. The van der Waals surface area contributed by atoms with E-state index in [-0.39, 0.29) is 5.02 Å². The van der Waals surface area contributed by atoms with Crippen molar-refractivity contribution in [2.45, 2.75) is 6.04 Å². The maximum Gasteiger partial charge on any atom is 0.327 e. The smallest absolute Gasteiger partial charge is 0.327 e. The summed E-state index contributed by atoms with van der Waals surface area (Å²) in [5.74, 6) is -0.327. The lowest BCUT2D eigenvalue weighted by atomic mass is 10.2. The Hall–Kier alpha value is -1.91. The normalized spacial score (nSPS) is 17.6. The standard InChI is InChI=1S/C12H10ClN3O3S/c13-9-3-8(2-1-7(9)4-14)15-12(19)16-6-20-5-10(16)11(17)18/h1-3,10H,5-6H2,(H,15,19)(H,17,18)/t10-/m0/s1. The fourth-order valence-corrected chi connectivity index (χ4v) is 3.09. The highest BCUT2D eigenvalue weighted by Gasteiger charge is 2.34. The molecule has 1 fully saturated rings. The molecule has 2 rings (SSSR count). The van der Waals surface area contributed by atoms with E-state index in [0.717, 1.165) is 0 Å². The third-order valence-corrected chi connectivity index (χ3v) is 4.09. The van der Waals surface area contributed by atoms with Gasteiger partial charge in [-0.05, 0) is 18.2 Å². The molecule has 20 heavy (non-hydrogen) atoms. The highest BCUT2D eigenvalue weighted by molar-refractivity contribution is 7.99. The number of nitrogens with one attached hydrogen (secondary N) is 1. The molecule has 2 amide bonds. The number of nitriles is 1. The fourth-order valence-electron chi connectivity index (χ4n) is 1.73. The Morgan fingerprint density at radius 3 is 2.90 bits per heavy atom. The van der Waals surface area contributed by atoms with Crippen LogP contribution in [0.2, 0.25) is 5.02 Å². The average molecular weight is 312 g/mol. The molecule has 0 saturated carbocycles. The highest BCUT2D eigenvalue weighted by Crippen LogP contribution is 2.24. The molecule has 1 aromatic carbocycles. The number of carboxylic acids is 1. The van der Waals surface area contributed by atoms with Crippen LogP contribution in [-0.4, -0.2) is 39.7 Å². The number of carbonyl (C=O) groups is 2. The molecule has 1 aliphatic heterocycles. The Morgan fingerprint density at radius 2 is 2.30 bits per heavy atom. The molecular weight excluding hydrogens is 302 g/mol. The van der Waals surface area contributed by atoms with Crippen molar-refractivity contribution >= 4 is 41.1 Å². The van der Waals surface area contributed by atoms with Crippen molar-refractivity contribution < 1.29 is 14.7 Å². The molecule has 1 aliphatic rings. The summed E-state index contributed by atoms with van der Waals surface area (Å²) < 4.78 is 0. The first-order valence-electron chi connectivity index (χ1n) is 5.60. The molecule has 104 valence electrons. The van der Waals surface area contributed by atoms with Crippen LogP contribution in [0.25, 0.3) is 0 Å². The Morgan fingerprint density at radius 1 is 1.55 bits per heavy atom. The number of carboxylic acid groups (broad SMARTS) is 1. The lowest BCUT2D eigenvalue weighted by Gasteiger charge is -2.21. The van der Waals surface area contributed by atoms with Crippen LogP contribution in [-0.2, 0) is 4.79 Å². The number of urea groups is 1. The van der Waals surface area contributed by atoms with Gasteiger partial charge in [-0.2, -0.15) is 5.26 Å². The second-order valence-corrected chi connectivity index (χ2v) is 5.47. The van der Waals surface area contributed by atoms with Crippen LogP contribution in [0.4, 0.5) is 10.5 Å². The van der Waals surface area contributed by atoms with Crippen LogP contribution in [0.3, 0.4) is 0 Å². The number of nitrogens with zero attached hydrogens (tertiary/aromatic N) is 2. The molecular formula is C12H10ClN3O3S. The van der Waals surface area contributed by atoms with Gasteiger partial charge in [0.25, 0.3) is 0 Å². The minimum atomic E-state index is -1.02. The summed E-state index contributed by atoms with van der Waals surface area (Å²) in [6.07, 6.45) is 0. The van der Waals surface area contributed by atoms with Crippen molar-refractivity contribution in [3.05, 3.63) is 28.8 Å². The first-order valence-corrected chi connectivity index (χ1v) is 7.14. The van der Waals surface area contributed by atoms with Gasteiger partial charge in [0.05, 0.1) is 16.5 Å². The van der Waals surface area contributed by atoms with Crippen molar-refractivity contribution in [2.24, 2.45) is 0 Å². The van der Waals surface area contributed by atoms with Crippen molar-refractivity contribution in [3.8, 4) is 6.07 Å². The quantitative estimate of drug-likeness (QED) is 0.873. The van der Waals surface area contributed by atoms with Crippen LogP contribution >= 0.6 is 23.4 Å². The Bertz CT molecular complexity index is 602. The Kier molecular flexibility index (Phi) is 4.37. The minimum absolute atomic E-state index is 0.232. The van der Waals surface area contributed by atoms with E-state index in [1.165, 1.54) is 28.8 Å². The number of benzene rings is 1. The molecule has 0 aromatic heterocycles. The molecule has 2 N–H and O–H groups in total. The minimum Gasteiger partial charge on any atom is -0.480 e. The van der Waals surface area contributed by atoms with Gasteiger partial charge in [-0.1, -0.05) is 11.6 Å². The van der Waals surface area contributed by atoms with E-state index in [4.69, 9.17) is 22.0 Å². The van der Waals surface area contributed by atoms with E-state index >= 15 is 0 Å². The van der Waals surface area contributed by atoms with Gasteiger partial charge in [0.15, 0.2) is 0 Å². The van der Waals surface area contributed by atoms with Crippen molar-refractivity contribution in [1.82, 2.24) is 4.90 Å². The van der Waals surface area contributed by atoms with Gasteiger partial charge in [0, 0.05) is 11.4 Å². The molecule has 1 heterocycles. The number of hydrogen-bond acceptors (Lipinski definition) is 4. The predicted octanol–water partition coefficient (Wildman–Crippen LogP) is 2.20. The van der Waals surface area contributed by atoms with Crippen LogP contribution in [0.15, 0.2) is 18.2 Å². The van der Waals surface area contributed by atoms with Crippen molar-refractivity contribution in [3.63, 3.8) is 0 Å². The summed E-state index contributed by atoms with van der Waals surface area (Å²) in [6.45, 7) is 0. The Labute approximate surface area is 124 Å². The number of carbonyl (C=O) groups excluding carboxylic acids is 1. The number of hydrogen-bond donors (Lipinski definition) is 2. The summed E-state index contributed by atoms with van der Waals surface area (Å²) in [5, 5.41) is 20.6. The van der Waals surface area contributed by atoms with E-state index in [0.29, 0.717) is 22.9 Å². The zero-order valence-electron chi connectivity index (χ0n) is 10.2. The number of anilines is 1. The van der Waals surface area contributed by atoms with E-state index < -0.39 is 18.0 Å². The van der Waals surface area contributed by atoms with Gasteiger partial charge < -0.3 is 15.3 Å². The number of aliphatic carboxylic acids is 1. The second kappa shape index (κ2) is 6.03. The molecule has 0 bridgehead atoms. The number of rotatable bonds is 2. The Balaban J connectivity index is 2.10. The van der Waals surface area contributed by atoms with E-state index in [9.17, 15) is 9.59 Å². The zero-order chi connectivity index (χ0) is 14.7. The van der Waals surface area contributed by atoms with Gasteiger partial charge in [-0.25, -0.2) is 9.59 Å². The average Bonchev–Trinajstić information content (AvgIpc) is 2.88. The van der Waals surface area contributed by atoms with Crippen LogP contribution < -0.4 is 5.32 Å². The van der Waals surface area contributed by atoms with E-state index in [1.807, 2.05) is 6.07 Å². The molecule has 8 heteroatoms. The third kappa shape index (κ3) is 2.98. The number of thioether (sulfide) groups is 1. The summed E-state index contributed by atoms with van der Waals surface area (Å²) in [5.41, 5.74) is 0.727. The first-order chi connectivity index (χ1) is 9.52.